The molecule has 8 nitrogen and oxygen atoms in total. The van der Waals surface area contributed by atoms with Crippen molar-refractivity contribution in [1.82, 2.24) is 14.5 Å². The van der Waals surface area contributed by atoms with Gasteiger partial charge in [-0.2, -0.15) is 4.99 Å². The van der Waals surface area contributed by atoms with Crippen molar-refractivity contribution in [2.45, 2.75) is 13.1 Å². The lowest BCUT2D eigenvalue weighted by Gasteiger charge is -2.34. The molecule has 286 valence electrons. The first-order chi connectivity index (χ1) is 29.7. The number of aromatic nitrogens is 3. The van der Waals surface area contributed by atoms with E-state index in [0.29, 0.717) is 24.9 Å². The zero-order valence-corrected chi connectivity index (χ0v) is 32.7. The molecule has 8 heteroatoms. The molecule has 6 aromatic carbocycles. The maximum Gasteiger partial charge on any atom is 0.236 e. The third kappa shape index (κ3) is 6.56. The fraction of sp³-hybridized carbons (Fsp3) is 0.0385. The van der Waals surface area contributed by atoms with Gasteiger partial charge in [0.25, 0.3) is 0 Å². The molecule has 0 radical (unpaired) electrons. The first kappa shape index (κ1) is 36.3. The van der Waals surface area contributed by atoms with Crippen molar-refractivity contribution in [1.29, 1.82) is 0 Å². The molecule has 60 heavy (non-hydrogen) atoms. The molecule has 0 amide bonds. The Morgan fingerprint density at radius 3 is 1.98 bits per heavy atom. The zero-order chi connectivity index (χ0) is 40.4. The van der Waals surface area contributed by atoms with E-state index < -0.39 is 0 Å². The summed E-state index contributed by atoms with van der Waals surface area (Å²) >= 11 is 0. The standard InChI is InChI=1S/C52H38N8/c1-53-44-18-6-8-20-46(44)59-34-39-13-3-4-14-40(39)49-47(59)29-30-48-50(49)41-15-5-7-19-45(41)60(48)52(54-2)58-51(38-27-25-37(26-28-38)43-17-10-12-32-56-43)57-33-35-21-23-36(24-22-35)42-16-9-11-31-55-42/h3-32H,1-2,33-34H2. The van der Waals surface area contributed by atoms with Crippen LogP contribution in [0.4, 0.5) is 17.1 Å². The number of rotatable bonds is 7. The molecule has 0 saturated heterocycles. The largest absolute Gasteiger partial charge is 0.335 e. The topological polar surface area (TPSA) is 83.4 Å². The van der Waals surface area contributed by atoms with Crippen LogP contribution in [-0.2, 0) is 13.1 Å². The Morgan fingerprint density at radius 2 is 1.27 bits per heavy atom. The SMILES string of the molecule is C=NC(=NC(=NCc1ccc(-c2ccccn2)cc1)c1ccc(-c2ccccn2)cc1)n1c2ccccc2c2c3c(ccc21)N(c1ccccc1N=C)Cc1ccccc1-3. The van der Waals surface area contributed by atoms with E-state index in [9.17, 15) is 0 Å². The molecule has 9 aromatic rings. The van der Waals surface area contributed by atoms with Crippen molar-refractivity contribution in [2.75, 3.05) is 4.90 Å². The Hall–Kier alpha value is -8.10. The van der Waals surface area contributed by atoms with Gasteiger partial charge in [-0.05, 0) is 84.7 Å². The van der Waals surface area contributed by atoms with Crippen LogP contribution in [0.15, 0.2) is 202 Å². The summed E-state index contributed by atoms with van der Waals surface area (Å²) < 4.78 is 2.11. The summed E-state index contributed by atoms with van der Waals surface area (Å²) in [5.41, 5.74) is 14.2. The van der Waals surface area contributed by atoms with Crippen molar-refractivity contribution >= 4 is 64.1 Å². The van der Waals surface area contributed by atoms with Crippen LogP contribution in [0.3, 0.4) is 0 Å². The normalized spacial score (nSPS) is 12.6. The highest BCUT2D eigenvalue weighted by atomic mass is 15.2. The summed E-state index contributed by atoms with van der Waals surface area (Å²) in [5.74, 6) is 0.953. The lowest BCUT2D eigenvalue weighted by atomic mass is 9.89. The first-order valence-electron chi connectivity index (χ1n) is 19.8. The number of benzene rings is 6. The summed E-state index contributed by atoms with van der Waals surface area (Å²) in [6.07, 6.45) is 3.61. The molecule has 0 bridgehead atoms. The van der Waals surface area contributed by atoms with E-state index in [1.54, 1.807) is 6.20 Å². The number of para-hydroxylation sites is 3. The Kier molecular flexibility index (Phi) is 9.48. The summed E-state index contributed by atoms with van der Waals surface area (Å²) in [4.78, 5) is 30.9. The monoisotopic (exact) mass is 774 g/mol. The van der Waals surface area contributed by atoms with Gasteiger partial charge in [-0.15, -0.1) is 0 Å². The molecule has 4 heterocycles. The lowest BCUT2D eigenvalue weighted by Crippen LogP contribution is -2.21. The highest BCUT2D eigenvalue weighted by molar-refractivity contribution is 6.23. The Balaban J connectivity index is 1.14. The van der Waals surface area contributed by atoms with E-state index in [4.69, 9.17) is 9.98 Å². The summed E-state index contributed by atoms with van der Waals surface area (Å²) in [6, 6.07) is 58.0. The van der Waals surface area contributed by atoms with Crippen LogP contribution < -0.4 is 4.90 Å². The van der Waals surface area contributed by atoms with Crippen LogP contribution in [0.1, 0.15) is 16.7 Å². The van der Waals surface area contributed by atoms with Gasteiger partial charge in [0.2, 0.25) is 5.96 Å². The fourth-order valence-electron chi connectivity index (χ4n) is 8.21. The minimum atomic E-state index is 0.405. The average Bonchev–Trinajstić information content (AvgIpc) is 3.66. The second kappa shape index (κ2) is 15.7. The van der Waals surface area contributed by atoms with Crippen LogP contribution in [0.25, 0.3) is 55.4 Å². The minimum absolute atomic E-state index is 0.405. The predicted octanol–water partition coefficient (Wildman–Crippen LogP) is 12.1. The summed E-state index contributed by atoms with van der Waals surface area (Å²) in [7, 11) is 0. The molecule has 0 saturated carbocycles. The van der Waals surface area contributed by atoms with Crippen LogP contribution in [-0.4, -0.2) is 39.8 Å². The number of nitrogens with zero attached hydrogens (tertiary/aromatic N) is 8. The zero-order valence-electron chi connectivity index (χ0n) is 32.7. The van der Waals surface area contributed by atoms with Crippen LogP contribution in [0, 0.1) is 0 Å². The molecule has 1 aliphatic heterocycles. The highest BCUT2D eigenvalue weighted by Gasteiger charge is 2.29. The molecule has 0 N–H and O–H groups in total. The van der Waals surface area contributed by atoms with Crippen molar-refractivity contribution in [2.24, 2.45) is 20.0 Å². The number of aliphatic imine (C=N–C) groups is 4. The van der Waals surface area contributed by atoms with Crippen molar-refractivity contribution in [3.05, 3.63) is 199 Å². The van der Waals surface area contributed by atoms with Crippen molar-refractivity contribution in [3.8, 4) is 33.6 Å². The molecule has 0 aliphatic carbocycles. The van der Waals surface area contributed by atoms with Crippen LogP contribution in [0.5, 0.6) is 0 Å². The second-order valence-electron chi connectivity index (χ2n) is 14.5. The third-order valence-electron chi connectivity index (χ3n) is 11.0. The maximum absolute atomic E-state index is 5.28. The fourth-order valence-corrected chi connectivity index (χ4v) is 8.21. The molecule has 0 atom stereocenters. The summed E-state index contributed by atoms with van der Waals surface area (Å²) in [6.45, 7) is 9.09. The average molecular weight is 775 g/mol. The van der Waals surface area contributed by atoms with Gasteiger partial charge in [0.1, 0.15) is 0 Å². The number of fused-ring (bicyclic) bond motifs is 7. The van der Waals surface area contributed by atoms with Gasteiger partial charge >= 0.3 is 0 Å². The van der Waals surface area contributed by atoms with Gasteiger partial charge in [-0.1, -0.05) is 115 Å². The van der Waals surface area contributed by atoms with Gasteiger partial charge in [-0.3, -0.25) is 24.5 Å². The highest BCUT2D eigenvalue weighted by Crippen LogP contribution is 2.50. The second-order valence-corrected chi connectivity index (χ2v) is 14.5. The first-order valence-corrected chi connectivity index (χ1v) is 19.8. The van der Waals surface area contributed by atoms with E-state index in [1.807, 2.05) is 66.9 Å². The molecular formula is C52H38N8. The lowest BCUT2D eigenvalue weighted by molar-refractivity contribution is 0.963. The predicted molar refractivity (Wildman–Crippen MR) is 248 cm³/mol. The Morgan fingerprint density at radius 1 is 0.600 bits per heavy atom. The number of anilines is 2. The number of hydrogen-bond donors (Lipinski definition) is 0. The smallest absolute Gasteiger partial charge is 0.236 e. The molecule has 10 rings (SSSR count). The molecular weight excluding hydrogens is 737 g/mol. The minimum Gasteiger partial charge on any atom is -0.335 e. The number of amidine groups is 1. The molecule has 1 aliphatic rings. The van der Waals surface area contributed by atoms with E-state index in [1.165, 1.54) is 11.1 Å². The Bertz CT molecular complexity index is 3110. The van der Waals surface area contributed by atoms with Crippen LogP contribution >= 0.6 is 0 Å². The van der Waals surface area contributed by atoms with Gasteiger partial charge < -0.3 is 4.90 Å². The number of pyridine rings is 2. The van der Waals surface area contributed by atoms with Gasteiger partial charge in [-0.25, -0.2) is 4.99 Å². The van der Waals surface area contributed by atoms with Crippen molar-refractivity contribution in [3.63, 3.8) is 0 Å². The van der Waals surface area contributed by atoms with Gasteiger partial charge in [0.15, 0.2) is 5.84 Å². The van der Waals surface area contributed by atoms with Crippen molar-refractivity contribution < 1.29 is 0 Å². The van der Waals surface area contributed by atoms with E-state index >= 15 is 0 Å². The Labute approximate surface area is 348 Å². The molecule has 3 aromatic heterocycles. The molecule has 0 unspecified atom stereocenters. The van der Waals surface area contributed by atoms with Gasteiger partial charge in [0.05, 0.1) is 46.0 Å². The quantitative estimate of drug-likeness (QED) is 0.119. The van der Waals surface area contributed by atoms with E-state index in [2.05, 4.69) is 152 Å². The third-order valence-corrected chi connectivity index (χ3v) is 11.0. The number of hydrogen-bond acceptors (Lipinski definition) is 5. The molecule has 0 spiro atoms. The van der Waals surface area contributed by atoms with E-state index in [0.717, 1.165) is 78.1 Å². The van der Waals surface area contributed by atoms with E-state index in [-0.39, 0.29) is 0 Å². The van der Waals surface area contributed by atoms with Crippen LogP contribution in [0.2, 0.25) is 0 Å². The van der Waals surface area contributed by atoms with Gasteiger partial charge in [0, 0.05) is 52.0 Å². The molecule has 0 fully saturated rings. The summed E-state index contributed by atoms with van der Waals surface area (Å²) in [5, 5.41) is 2.19. The maximum atomic E-state index is 5.28.